The van der Waals surface area contributed by atoms with Crippen molar-refractivity contribution < 1.29 is 9.90 Å². The molecule has 92 valence electrons. The van der Waals surface area contributed by atoms with E-state index in [9.17, 15) is 4.79 Å². The molecule has 2 N–H and O–H groups in total. The van der Waals surface area contributed by atoms with Crippen LogP contribution in [0.1, 0.15) is 17.5 Å². The standard InChI is InChI=1S/C13H13N3O2/c14-7-11-10(8-15-5-4-13(17)18)9-16-6-2-1-3-12(11)16/h1-3,6,9,15H,4-5,8H2,(H,17,18). The molecule has 0 atom stereocenters. The van der Waals surface area contributed by atoms with E-state index < -0.39 is 5.97 Å². The van der Waals surface area contributed by atoms with Crippen molar-refractivity contribution in [3.8, 4) is 6.07 Å². The van der Waals surface area contributed by atoms with E-state index in [1.807, 2.05) is 35.0 Å². The van der Waals surface area contributed by atoms with Crippen molar-refractivity contribution in [2.75, 3.05) is 6.54 Å². The Bertz CT molecular complexity index is 610. The number of nitrogens with zero attached hydrogens (tertiary/aromatic N) is 2. The van der Waals surface area contributed by atoms with Gasteiger partial charge in [-0.3, -0.25) is 4.79 Å². The third-order valence-corrected chi connectivity index (χ3v) is 2.71. The van der Waals surface area contributed by atoms with Crippen molar-refractivity contribution in [1.82, 2.24) is 9.72 Å². The fourth-order valence-corrected chi connectivity index (χ4v) is 1.86. The number of nitrogens with one attached hydrogen (secondary N) is 1. The summed E-state index contributed by atoms with van der Waals surface area (Å²) in [5.41, 5.74) is 2.39. The summed E-state index contributed by atoms with van der Waals surface area (Å²) < 4.78 is 1.90. The van der Waals surface area contributed by atoms with Crippen molar-refractivity contribution in [1.29, 1.82) is 5.26 Å². The summed E-state index contributed by atoms with van der Waals surface area (Å²) in [5, 5.41) is 20.7. The van der Waals surface area contributed by atoms with Crippen LogP contribution in [0, 0.1) is 11.3 Å². The lowest BCUT2D eigenvalue weighted by atomic mass is 10.2. The summed E-state index contributed by atoms with van der Waals surface area (Å²) >= 11 is 0. The normalized spacial score (nSPS) is 10.4. The number of carbonyl (C=O) groups is 1. The molecule has 0 amide bonds. The first-order chi connectivity index (χ1) is 8.72. The number of pyridine rings is 1. The van der Waals surface area contributed by atoms with Gasteiger partial charge < -0.3 is 14.8 Å². The minimum atomic E-state index is -0.829. The molecule has 0 bridgehead atoms. The van der Waals surface area contributed by atoms with Crippen LogP contribution >= 0.6 is 0 Å². The maximum Gasteiger partial charge on any atom is 0.304 e. The monoisotopic (exact) mass is 243 g/mol. The molecular formula is C13H13N3O2. The van der Waals surface area contributed by atoms with Crippen LogP contribution in [0.3, 0.4) is 0 Å². The molecule has 0 saturated heterocycles. The lowest BCUT2D eigenvalue weighted by Crippen LogP contribution is -2.17. The van der Waals surface area contributed by atoms with E-state index in [1.165, 1.54) is 0 Å². The van der Waals surface area contributed by atoms with Crippen LogP contribution in [-0.2, 0) is 11.3 Å². The predicted octanol–water partition coefficient (Wildman–Crippen LogP) is 1.38. The van der Waals surface area contributed by atoms with Gasteiger partial charge in [0.05, 0.1) is 17.5 Å². The molecule has 0 aliphatic carbocycles. The summed E-state index contributed by atoms with van der Waals surface area (Å²) in [4.78, 5) is 10.4. The van der Waals surface area contributed by atoms with Gasteiger partial charge in [0.25, 0.3) is 0 Å². The number of carboxylic acids is 1. The summed E-state index contributed by atoms with van der Waals surface area (Å²) in [6.45, 7) is 0.893. The first-order valence-electron chi connectivity index (χ1n) is 5.63. The molecule has 0 fully saturated rings. The smallest absolute Gasteiger partial charge is 0.304 e. The highest BCUT2D eigenvalue weighted by molar-refractivity contribution is 5.67. The molecular weight excluding hydrogens is 230 g/mol. The van der Waals surface area contributed by atoms with Gasteiger partial charge in [0.2, 0.25) is 0 Å². The molecule has 0 saturated carbocycles. The highest BCUT2D eigenvalue weighted by Crippen LogP contribution is 2.17. The molecule has 2 aromatic heterocycles. The zero-order valence-corrected chi connectivity index (χ0v) is 9.76. The van der Waals surface area contributed by atoms with Gasteiger partial charge in [-0.1, -0.05) is 6.07 Å². The largest absolute Gasteiger partial charge is 0.481 e. The average molecular weight is 243 g/mol. The van der Waals surface area contributed by atoms with E-state index in [2.05, 4.69) is 11.4 Å². The number of aliphatic carboxylic acids is 1. The van der Waals surface area contributed by atoms with Gasteiger partial charge in [-0.15, -0.1) is 0 Å². The van der Waals surface area contributed by atoms with E-state index in [0.29, 0.717) is 18.7 Å². The molecule has 0 spiro atoms. The number of carboxylic acid groups (broad SMARTS) is 1. The first kappa shape index (κ1) is 12.1. The van der Waals surface area contributed by atoms with Gasteiger partial charge in [-0.2, -0.15) is 5.26 Å². The van der Waals surface area contributed by atoms with Crippen molar-refractivity contribution in [3.05, 3.63) is 41.7 Å². The molecule has 18 heavy (non-hydrogen) atoms. The molecule has 2 aromatic rings. The topological polar surface area (TPSA) is 77.5 Å². The summed E-state index contributed by atoms with van der Waals surface area (Å²) in [6, 6.07) is 7.86. The molecule has 5 heteroatoms. The number of rotatable bonds is 5. The van der Waals surface area contributed by atoms with Crippen LogP contribution in [0.5, 0.6) is 0 Å². The Labute approximate surface area is 104 Å². The molecule has 0 aromatic carbocycles. The zero-order valence-electron chi connectivity index (χ0n) is 9.76. The van der Waals surface area contributed by atoms with E-state index in [0.717, 1.165) is 11.1 Å². The van der Waals surface area contributed by atoms with Crippen LogP contribution in [0.15, 0.2) is 30.6 Å². The molecule has 2 heterocycles. The average Bonchev–Trinajstić information content (AvgIpc) is 2.71. The van der Waals surface area contributed by atoms with Crippen LogP contribution < -0.4 is 5.32 Å². The first-order valence-corrected chi connectivity index (χ1v) is 5.63. The zero-order chi connectivity index (χ0) is 13.0. The second-order valence-corrected chi connectivity index (χ2v) is 3.95. The summed E-state index contributed by atoms with van der Waals surface area (Å²) in [6.07, 6.45) is 3.85. The summed E-state index contributed by atoms with van der Waals surface area (Å²) in [7, 11) is 0. The van der Waals surface area contributed by atoms with Gasteiger partial charge in [-0.05, 0) is 12.1 Å². The quantitative estimate of drug-likeness (QED) is 0.777. The minimum Gasteiger partial charge on any atom is -0.481 e. The van der Waals surface area contributed by atoms with Crippen LogP contribution in [-0.4, -0.2) is 22.0 Å². The third-order valence-electron chi connectivity index (χ3n) is 2.71. The Morgan fingerprint density at radius 3 is 3.06 bits per heavy atom. The van der Waals surface area contributed by atoms with Gasteiger partial charge in [0.15, 0.2) is 0 Å². The number of fused-ring (bicyclic) bond motifs is 1. The van der Waals surface area contributed by atoms with Gasteiger partial charge in [0.1, 0.15) is 6.07 Å². The van der Waals surface area contributed by atoms with Gasteiger partial charge >= 0.3 is 5.97 Å². The number of aromatic nitrogens is 1. The van der Waals surface area contributed by atoms with E-state index in [-0.39, 0.29) is 6.42 Å². The lowest BCUT2D eigenvalue weighted by Gasteiger charge is -2.00. The molecule has 0 unspecified atom stereocenters. The Morgan fingerprint density at radius 1 is 1.50 bits per heavy atom. The predicted molar refractivity (Wildman–Crippen MR) is 66.1 cm³/mol. The maximum absolute atomic E-state index is 10.4. The molecule has 0 aliphatic heterocycles. The fourth-order valence-electron chi connectivity index (χ4n) is 1.86. The maximum atomic E-state index is 10.4. The lowest BCUT2D eigenvalue weighted by molar-refractivity contribution is -0.136. The molecule has 0 aliphatic rings. The third kappa shape index (κ3) is 2.50. The minimum absolute atomic E-state index is 0.0786. The summed E-state index contributed by atoms with van der Waals surface area (Å²) in [5.74, 6) is -0.829. The van der Waals surface area contributed by atoms with Crippen LogP contribution in [0.25, 0.3) is 5.52 Å². The van der Waals surface area contributed by atoms with Gasteiger partial charge in [-0.25, -0.2) is 0 Å². The number of nitriles is 1. The van der Waals surface area contributed by atoms with E-state index in [1.54, 1.807) is 0 Å². The number of hydrogen-bond donors (Lipinski definition) is 2. The van der Waals surface area contributed by atoms with E-state index >= 15 is 0 Å². The molecule has 0 radical (unpaired) electrons. The Kier molecular flexibility index (Phi) is 3.60. The SMILES string of the molecule is N#Cc1c(CNCCC(=O)O)cn2ccccc12. The second-order valence-electron chi connectivity index (χ2n) is 3.95. The molecule has 2 rings (SSSR count). The highest BCUT2D eigenvalue weighted by atomic mass is 16.4. The Balaban J connectivity index is 2.13. The van der Waals surface area contributed by atoms with Gasteiger partial charge in [0, 0.05) is 31.0 Å². The van der Waals surface area contributed by atoms with Crippen LogP contribution in [0.4, 0.5) is 0 Å². The van der Waals surface area contributed by atoms with E-state index in [4.69, 9.17) is 10.4 Å². The van der Waals surface area contributed by atoms with Crippen LogP contribution in [0.2, 0.25) is 0 Å². The second kappa shape index (κ2) is 5.34. The van der Waals surface area contributed by atoms with Crippen molar-refractivity contribution in [2.24, 2.45) is 0 Å². The highest BCUT2D eigenvalue weighted by Gasteiger charge is 2.09. The Hall–Kier alpha value is -2.32. The number of hydrogen-bond acceptors (Lipinski definition) is 3. The van der Waals surface area contributed by atoms with Crippen molar-refractivity contribution >= 4 is 11.5 Å². The van der Waals surface area contributed by atoms with Crippen molar-refractivity contribution in [3.63, 3.8) is 0 Å². The van der Waals surface area contributed by atoms with Crippen molar-refractivity contribution in [2.45, 2.75) is 13.0 Å². The fraction of sp³-hybridized carbons (Fsp3) is 0.231. The Morgan fingerprint density at radius 2 is 2.33 bits per heavy atom. The molecule has 5 nitrogen and oxygen atoms in total.